The molecule has 0 saturated heterocycles. The zero-order chi connectivity index (χ0) is 14.7. The van der Waals surface area contributed by atoms with E-state index in [1.165, 1.54) is 6.07 Å². The third-order valence-corrected chi connectivity index (χ3v) is 3.35. The van der Waals surface area contributed by atoms with Crippen molar-refractivity contribution in [2.24, 2.45) is 0 Å². The fraction of sp³-hybridized carbons (Fsp3) is 0.357. The van der Waals surface area contributed by atoms with Gasteiger partial charge in [-0.05, 0) is 26.3 Å². The fourth-order valence-electron chi connectivity index (χ4n) is 2.03. The van der Waals surface area contributed by atoms with Crippen LogP contribution in [0, 0.1) is 24.0 Å². The lowest BCUT2D eigenvalue weighted by molar-refractivity contribution is -0.384. The lowest BCUT2D eigenvalue weighted by Crippen LogP contribution is -2.18. The fourth-order valence-corrected chi connectivity index (χ4v) is 2.03. The Balaban J connectivity index is 2.07. The Labute approximate surface area is 116 Å². The van der Waals surface area contributed by atoms with Gasteiger partial charge in [-0.15, -0.1) is 0 Å². The third kappa shape index (κ3) is 3.03. The first kappa shape index (κ1) is 14.2. The highest BCUT2D eigenvalue weighted by Crippen LogP contribution is 2.20. The molecule has 0 bridgehead atoms. The third-order valence-electron chi connectivity index (χ3n) is 3.35. The van der Waals surface area contributed by atoms with Gasteiger partial charge in [0.25, 0.3) is 5.69 Å². The highest BCUT2D eigenvalue weighted by molar-refractivity contribution is 5.35. The first-order valence-electron chi connectivity index (χ1n) is 6.38. The van der Waals surface area contributed by atoms with Gasteiger partial charge in [-0.3, -0.25) is 10.1 Å². The molecule has 0 aliphatic carbocycles. The Bertz CT molecular complexity index is 602. The summed E-state index contributed by atoms with van der Waals surface area (Å²) < 4.78 is 5.10. The predicted molar refractivity (Wildman–Crippen MR) is 74.3 cm³/mol. The monoisotopic (exact) mass is 275 g/mol. The Hall–Kier alpha value is -2.21. The van der Waals surface area contributed by atoms with Crippen molar-refractivity contribution in [2.45, 2.75) is 33.4 Å². The van der Waals surface area contributed by atoms with Crippen molar-refractivity contribution in [1.82, 2.24) is 10.5 Å². The van der Waals surface area contributed by atoms with Gasteiger partial charge in [0.15, 0.2) is 0 Å². The molecule has 2 rings (SSSR count). The maximum atomic E-state index is 10.8. The van der Waals surface area contributed by atoms with E-state index in [-0.39, 0.29) is 16.7 Å². The van der Waals surface area contributed by atoms with Gasteiger partial charge >= 0.3 is 0 Å². The van der Waals surface area contributed by atoms with Crippen LogP contribution in [0.15, 0.2) is 28.8 Å². The van der Waals surface area contributed by atoms with Crippen LogP contribution in [0.1, 0.15) is 35.5 Å². The molecule has 0 spiro atoms. The molecule has 1 heterocycles. The molecule has 1 N–H and O–H groups in total. The molecule has 20 heavy (non-hydrogen) atoms. The SMILES string of the molecule is Cc1noc(C)c1CNC(C)c1cccc([N+](=O)[O-])c1. The Morgan fingerprint density at radius 1 is 1.45 bits per heavy atom. The van der Waals surface area contributed by atoms with E-state index in [0.717, 1.165) is 22.6 Å². The summed E-state index contributed by atoms with van der Waals surface area (Å²) in [4.78, 5) is 10.4. The van der Waals surface area contributed by atoms with Crippen molar-refractivity contribution >= 4 is 5.69 Å². The van der Waals surface area contributed by atoms with Gasteiger partial charge in [0, 0.05) is 30.3 Å². The number of nitro benzene ring substituents is 1. The highest BCUT2D eigenvalue weighted by atomic mass is 16.6. The van der Waals surface area contributed by atoms with E-state index >= 15 is 0 Å². The number of non-ortho nitro benzene ring substituents is 1. The van der Waals surface area contributed by atoms with E-state index in [1.54, 1.807) is 12.1 Å². The van der Waals surface area contributed by atoms with Crippen LogP contribution in [0.5, 0.6) is 0 Å². The molecule has 1 atom stereocenters. The van der Waals surface area contributed by atoms with Crippen molar-refractivity contribution in [3.63, 3.8) is 0 Å². The van der Waals surface area contributed by atoms with Crippen LogP contribution in [0.4, 0.5) is 5.69 Å². The number of rotatable bonds is 5. The van der Waals surface area contributed by atoms with Gasteiger partial charge in [-0.1, -0.05) is 17.3 Å². The van der Waals surface area contributed by atoms with Crippen molar-refractivity contribution < 1.29 is 9.45 Å². The number of aromatic nitrogens is 1. The number of aryl methyl sites for hydroxylation is 2. The van der Waals surface area contributed by atoms with Gasteiger partial charge in [0.2, 0.25) is 0 Å². The minimum absolute atomic E-state index is 0.00333. The molecule has 0 saturated carbocycles. The van der Waals surface area contributed by atoms with Crippen LogP contribution in [-0.2, 0) is 6.54 Å². The van der Waals surface area contributed by atoms with Crippen LogP contribution in [0.25, 0.3) is 0 Å². The Kier molecular flexibility index (Phi) is 4.14. The van der Waals surface area contributed by atoms with Crippen LogP contribution in [-0.4, -0.2) is 10.1 Å². The van der Waals surface area contributed by atoms with Crippen LogP contribution >= 0.6 is 0 Å². The summed E-state index contributed by atoms with van der Waals surface area (Å²) in [7, 11) is 0. The molecule has 6 heteroatoms. The van der Waals surface area contributed by atoms with Gasteiger partial charge in [0.05, 0.1) is 10.6 Å². The molecule has 106 valence electrons. The lowest BCUT2D eigenvalue weighted by atomic mass is 10.1. The minimum atomic E-state index is -0.384. The second-order valence-electron chi connectivity index (χ2n) is 4.76. The second kappa shape index (κ2) is 5.83. The molecule has 6 nitrogen and oxygen atoms in total. The Morgan fingerprint density at radius 2 is 2.20 bits per heavy atom. The Morgan fingerprint density at radius 3 is 2.80 bits per heavy atom. The van der Waals surface area contributed by atoms with E-state index in [4.69, 9.17) is 4.52 Å². The molecule has 0 aliphatic rings. The summed E-state index contributed by atoms with van der Waals surface area (Å²) in [6.07, 6.45) is 0. The second-order valence-corrected chi connectivity index (χ2v) is 4.76. The maximum absolute atomic E-state index is 10.8. The number of nitro groups is 1. The quantitative estimate of drug-likeness (QED) is 0.670. The molecule has 0 fully saturated rings. The van der Waals surface area contributed by atoms with Gasteiger partial charge in [0.1, 0.15) is 5.76 Å². The predicted octanol–water partition coefficient (Wildman–Crippen LogP) is 3.05. The molecule has 0 amide bonds. The van der Waals surface area contributed by atoms with Gasteiger partial charge < -0.3 is 9.84 Å². The van der Waals surface area contributed by atoms with E-state index < -0.39 is 0 Å². The average molecular weight is 275 g/mol. The van der Waals surface area contributed by atoms with Crippen molar-refractivity contribution in [1.29, 1.82) is 0 Å². The molecule has 2 aromatic rings. The first-order valence-corrected chi connectivity index (χ1v) is 6.38. The summed E-state index contributed by atoms with van der Waals surface area (Å²) in [5, 5.41) is 18.0. The van der Waals surface area contributed by atoms with Crippen LogP contribution < -0.4 is 5.32 Å². The van der Waals surface area contributed by atoms with E-state index in [1.807, 2.05) is 26.8 Å². The molecular weight excluding hydrogens is 258 g/mol. The summed E-state index contributed by atoms with van der Waals surface area (Å²) in [6.45, 7) is 6.35. The number of nitrogens with one attached hydrogen (secondary N) is 1. The number of benzene rings is 1. The highest BCUT2D eigenvalue weighted by Gasteiger charge is 2.13. The largest absolute Gasteiger partial charge is 0.361 e. The molecule has 1 aromatic heterocycles. The number of nitrogens with zero attached hydrogens (tertiary/aromatic N) is 2. The number of hydrogen-bond donors (Lipinski definition) is 1. The molecule has 0 aliphatic heterocycles. The average Bonchev–Trinajstić information content (AvgIpc) is 2.75. The van der Waals surface area contributed by atoms with Crippen molar-refractivity contribution in [3.05, 3.63) is 57.0 Å². The van der Waals surface area contributed by atoms with E-state index in [0.29, 0.717) is 6.54 Å². The summed E-state index contributed by atoms with van der Waals surface area (Å²) in [5.74, 6) is 0.793. The molecule has 0 radical (unpaired) electrons. The first-order chi connectivity index (χ1) is 9.49. The van der Waals surface area contributed by atoms with E-state index in [2.05, 4.69) is 10.5 Å². The van der Waals surface area contributed by atoms with Crippen molar-refractivity contribution in [2.75, 3.05) is 0 Å². The smallest absolute Gasteiger partial charge is 0.269 e. The topological polar surface area (TPSA) is 81.2 Å². The maximum Gasteiger partial charge on any atom is 0.269 e. The van der Waals surface area contributed by atoms with Crippen LogP contribution in [0.3, 0.4) is 0 Å². The zero-order valence-corrected chi connectivity index (χ0v) is 11.7. The zero-order valence-electron chi connectivity index (χ0n) is 11.7. The molecular formula is C14H17N3O3. The van der Waals surface area contributed by atoms with Crippen LogP contribution in [0.2, 0.25) is 0 Å². The number of hydrogen-bond acceptors (Lipinski definition) is 5. The summed E-state index contributed by atoms with van der Waals surface area (Å²) in [6, 6.07) is 6.65. The minimum Gasteiger partial charge on any atom is -0.361 e. The molecule has 1 unspecified atom stereocenters. The summed E-state index contributed by atoms with van der Waals surface area (Å²) >= 11 is 0. The van der Waals surface area contributed by atoms with Gasteiger partial charge in [-0.2, -0.15) is 0 Å². The standard InChI is InChI=1S/C14H17N3O3/c1-9(12-5-4-6-13(7-12)17(18)19)15-8-14-10(2)16-20-11(14)3/h4-7,9,15H,8H2,1-3H3. The summed E-state index contributed by atoms with van der Waals surface area (Å²) in [5.41, 5.74) is 2.88. The van der Waals surface area contributed by atoms with E-state index in [9.17, 15) is 10.1 Å². The lowest BCUT2D eigenvalue weighted by Gasteiger charge is -2.13. The van der Waals surface area contributed by atoms with Crippen molar-refractivity contribution in [3.8, 4) is 0 Å². The van der Waals surface area contributed by atoms with Gasteiger partial charge in [-0.25, -0.2) is 0 Å². The normalized spacial score (nSPS) is 12.3. The molecule has 1 aromatic carbocycles.